The van der Waals surface area contributed by atoms with E-state index in [0.29, 0.717) is 35.5 Å². The molecule has 3 N–H and O–H groups in total. The molecule has 1 saturated carbocycles. The van der Waals surface area contributed by atoms with E-state index in [-0.39, 0.29) is 36.4 Å². The van der Waals surface area contributed by atoms with E-state index < -0.39 is 17.9 Å². The Morgan fingerprint density at radius 2 is 1.78 bits per heavy atom. The third-order valence-corrected chi connectivity index (χ3v) is 13.9. The van der Waals surface area contributed by atoms with Gasteiger partial charge in [-0.1, -0.05) is 42.5 Å². The lowest BCUT2D eigenvalue weighted by Gasteiger charge is -2.54. The number of piperidine rings is 1. The number of hydrogen-bond acceptors (Lipinski definition) is 10. The number of imide groups is 1. The monoisotopic (exact) mass is 781 g/mol. The Hall–Kier alpha value is -5.49. The highest BCUT2D eigenvalue weighted by molar-refractivity contribution is 6.03. The quantitative estimate of drug-likeness (QED) is 0.216. The number of ether oxygens (including phenoxy) is 1. The van der Waals surface area contributed by atoms with Crippen molar-refractivity contribution in [2.75, 3.05) is 55.7 Å². The SMILES string of the molecule is O=C1CC[C@H](NC(=O)c2ccc3c(n2)OC[C@H]2CN(CC4CCC5(CC4)CN(c4ccc([C@@H]6c7ccc(O)cc7CC[C@@H]6c6ccccc6)cn4)C5)CCN32)C(=O)N1. The molecule has 2 aromatic heterocycles. The summed E-state index contributed by atoms with van der Waals surface area (Å²) in [5, 5.41) is 15.2. The number of aryl methyl sites for hydroxylation is 1. The number of nitrogens with one attached hydrogen (secondary N) is 2. The third-order valence-electron chi connectivity index (χ3n) is 13.9. The molecule has 0 radical (unpaired) electrons. The van der Waals surface area contributed by atoms with Gasteiger partial charge in [0.25, 0.3) is 5.91 Å². The minimum atomic E-state index is -0.751. The maximum absolute atomic E-state index is 12.9. The highest BCUT2D eigenvalue weighted by Crippen LogP contribution is 2.49. The molecule has 10 rings (SSSR count). The summed E-state index contributed by atoms with van der Waals surface area (Å²) in [6.45, 7) is 6.59. The van der Waals surface area contributed by atoms with Crippen molar-refractivity contribution in [2.45, 2.75) is 75.3 Å². The molecule has 3 saturated heterocycles. The smallest absolute Gasteiger partial charge is 0.270 e. The number of phenolic OH excluding ortho intramolecular Hbond substituents is 1. The van der Waals surface area contributed by atoms with Crippen LogP contribution in [0.5, 0.6) is 11.6 Å². The van der Waals surface area contributed by atoms with E-state index in [1.54, 1.807) is 6.07 Å². The van der Waals surface area contributed by atoms with Crippen molar-refractivity contribution in [2.24, 2.45) is 11.3 Å². The predicted octanol–water partition coefficient (Wildman–Crippen LogP) is 5.16. The first kappa shape index (κ1) is 36.8. The topological polar surface area (TPSA) is 140 Å². The number of hydrogen-bond donors (Lipinski definition) is 3. The van der Waals surface area contributed by atoms with Crippen LogP contribution in [-0.2, 0) is 16.0 Å². The molecule has 6 heterocycles. The van der Waals surface area contributed by atoms with E-state index in [4.69, 9.17) is 9.72 Å². The van der Waals surface area contributed by atoms with E-state index >= 15 is 0 Å². The van der Waals surface area contributed by atoms with E-state index in [1.165, 1.54) is 47.9 Å². The van der Waals surface area contributed by atoms with Crippen molar-refractivity contribution in [1.29, 1.82) is 0 Å². The Balaban J connectivity index is 0.712. The van der Waals surface area contributed by atoms with Crippen LogP contribution >= 0.6 is 0 Å². The molecule has 3 amide bonds. The predicted molar refractivity (Wildman–Crippen MR) is 219 cm³/mol. The van der Waals surface area contributed by atoms with Gasteiger partial charge >= 0.3 is 0 Å². The Kier molecular flexibility index (Phi) is 9.54. The molecule has 0 bridgehead atoms. The molecule has 2 aliphatic carbocycles. The van der Waals surface area contributed by atoms with Crippen LogP contribution in [0.3, 0.4) is 0 Å². The number of amides is 3. The summed E-state index contributed by atoms with van der Waals surface area (Å²) in [6, 6.07) is 24.3. The normalized spacial score (nSPS) is 25.4. The number of fused-ring (bicyclic) bond motifs is 4. The largest absolute Gasteiger partial charge is 0.508 e. The lowest BCUT2D eigenvalue weighted by molar-refractivity contribution is -0.134. The summed E-state index contributed by atoms with van der Waals surface area (Å²) in [5.41, 5.74) is 6.64. The fraction of sp³-hybridized carbons (Fsp3) is 0.457. The summed E-state index contributed by atoms with van der Waals surface area (Å²) in [4.78, 5) is 53.5. The molecule has 6 aliphatic rings. The molecule has 12 heteroatoms. The average molecular weight is 782 g/mol. The van der Waals surface area contributed by atoms with Crippen molar-refractivity contribution in [3.05, 3.63) is 107 Å². The lowest BCUT2D eigenvalue weighted by Crippen LogP contribution is -2.59. The maximum Gasteiger partial charge on any atom is 0.270 e. The van der Waals surface area contributed by atoms with E-state index in [1.807, 2.05) is 18.2 Å². The highest BCUT2D eigenvalue weighted by Gasteiger charge is 2.46. The van der Waals surface area contributed by atoms with Crippen LogP contribution in [0.1, 0.15) is 89.5 Å². The van der Waals surface area contributed by atoms with Gasteiger partial charge in [-0.15, -0.1) is 0 Å². The summed E-state index contributed by atoms with van der Waals surface area (Å²) in [5.74, 6) is 1.88. The maximum atomic E-state index is 12.9. The van der Waals surface area contributed by atoms with Crippen LogP contribution in [0, 0.1) is 11.3 Å². The second-order valence-corrected chi connectivity index (χ2v) is 17.6. The summed E-state index contributed by atoms with van der Waals surface area (Å²) in [7, 11) is 0. The van der Waals surface area contributed by atoms with Gasteiger partial charge in [0.05, 0.1) is 6.04 Å². The molecule has 4 aliphatic heterocycles. The summed E-state index contributed by atoms with van der Waals surface area (Å²) < 4.78 is 6.12. The zero-order chi connectivity index (χ0) is 39.4. The highest BCUT2D eigenvalue weighted by atomic mass is 16.5. The number of rotatable bonds is 7. The first-order valence-corrected chi connectivity index (χ1v) is 21.1. The van der Waals surface area contributed by atoms with E-state index in [9.17, 15) is 19.5 Å². The van der Waals surface area contributed by atoms with Crippen molar-refractivity contribution in [3.63, 3.8) is 0 Å². The van der Waals surface area contributed by atoms with Gasteiger partial charge in [0.1, 0.15) is 35.6 Å². The molecule has 58 heavy (non-hydrogen) atoms. The number of aromatic nitrogens is 2. The Morgan fingerprint density at radius 1 is 0.931 bits per heavy atom. The van der Waals surface area contributed by atoms with Crippen LogP contribution in [0.15, 0.2) is 79.0 Å². The number of aromatic hydroxyl groups is 1. The summed E-state index contributed by atoms with van der Waals surface area (Å²) >= 11 is 0. The van der Waals surface area contributed by atoms with Gasteiger partial charge in [0.2, 0.25) is 17.7 Å². The number of carbonyl (C=O) groups excluding carboxylic acids is 3. The van der Waals surface area contributed by atoms with Gasteiger partial charge in [0, 0.05) is 63.2 Å². The molecule has 0 unspecified atom stereocenters. The molecule has 12 nitrogen and oxygen atoms in total. The number of benzene rings is 2. The standard InChI is InChI=1S/C46H51N7O5/c54-34-8-10-36-31(22-34)6-9-35(30-4-2-1-3-5-30)42(36)32-7-14-40(47-23-32)52-27-46(28-52)18-16-29(17-19-46)24-51-20-21-53-33(25-51)26-58-45-39(53)13-11-38(49-45)43(56)48-37-12-15-41(55)50-44(37)57/h1-5,7-8,10-11,13-14,22-23,29,33,35,37,42,54H,6,9,12,15-21,24-28H2,(H,48,56)(H,50,55,57)/t33-,35-,37+,42+/m1/s1. The van der Waals surface area contributed by atoms with E-state index in [2.05, 4.69) is 85.0 Å². The zero-order valence-corrected chi connectivity index (χ0v) is 32.8. The molecular weight excluding hydrogens is 731 g/mol. The number of nitrogens with zero attached hydrogens (tertiary/aromatic N) is 5. The van der Waals surface area contributed by atoms with Crippen LogP contribution in [-0.4, -0.2) is 95.7 Å². The molecule has 4 fully saturated rings. The van der Waals surface area contributed by atoms with Crippen LogP contribution in [0.4, 0.5) is 11.5 Å². The number of pyridine rings is 2. The third kappa shape index (κ3) is 7.05. The van der Waals surface area contributed by atoms with Crippen LogP contribution < -0.4 is 25.2 Å². The zero-order valence-electron chi connectivity index (χ0n) is 32.8. The second kappa shape index (κ2) is 15.0. The fourth-order valence-corrected chi connectivity index (χ4v) is 10.8. The van der Waals surface area contributed by atoms with Gasteiger partial charge in [0.15, 0.2) is 0 Å². The minimum absolute atomic E-state index is 0.195. The van der Waals surface area contributed by atoms with Crippen LogP contribution in [0.2, 0.25) is 0 Å². The number of piperazine rings is 1. The van der Waals surface area contributed by atoms with Gasteiger partial charge in [-0.05, 0) is 109 Å². The number of carbonyl (C=O) groups is 3. The number of anilines is 2. The average Bonchev–Trinajstić information content (AvgIpc) is 3.23. The van der Waals surface area contributed by atoms with Gasteiger partial charge in [-0.2, -0.15) is 0 Å². The van der Waals surface area contributed by atoms with E-state index in [0.717, 1.165) is 63.6 Å². The van der Waals surface area contributed by atoms with Gasteiger partial charge < -0.3 is 25.0 Å². The van der Waals surface area contributed by atoms with Gasteiger partial charge in [-0.25, -0.2) is 9.97 Å². The molecule has 1 spiro atoms. The second-order valence-electron chi connectivity index (χ2n) is 17.6. The fourth-order valence-electron chi connectivity index (χ4n) is 10.8. The Labute approximate surface area is 339 Å². The first-order valence-electron chi connectivity index (χ1n) is 21.1. The molecule has 300 valence electrons. The van der Waals surface area contributed by atoms with Crippen molar-refractivity contribution in [1.82, 2.24) is 25.5 Å². The number of phenols is 1. The van der Waals surface area contributed by atoms with Crippen LogP contribution in [0.25, 0.3) is 0 Å². The molecule has 4 atom stereocenters. The lowest BCUT2D eigenvalue weighted by atomic mass is 9.65. The molecule has 4 aromatic rings. The minimum Gasteiger partial charge on any atom is -0.508 e. The first-order chi connectivity index (χ1) is 28.3. The van der Waals surface area contributed by atoms with Crippen molar-refractivity contribution >= 4 is 29.2 Å². The van der Waals surface area contributed by atoms with Crippen molar-refractivity contribution < 1.29 is 24.2 Å². The Morgan fingerprint density at radius 3 is 2.57 bits per heavy atom. The van der Waals surface area contributed by atoms with Gasteiger partial charge in [-0.3, -0.25) is 24.6 Å². The Bertz CT molecular complexity index is 2200. The molecular formula is C46H51N7O5. The van der Waals surface area contributed by atoms with Crippen molar-refractivity contribution in [3.8, 4) is 11.6 Å². The molecule has 2 aromatic carbocycles. The summed E-state index contributed by atoms with van der Waals surface area (Å²) in [6.07, 6.45) is 9.63.